The van der Waals surface area contributed by atoms with Crippen molar-refractivity contribution < 1.29 is 9.47 Å². The van der Waals surface area contributed by atoms with Gasteiger partial charge in [0.15, 0.2) is 5.96 Å². The van der Waals surface area contributed by atoms with Crippen LogP contribution >= 0.6 is 0 Å². The number of benzene rings is 1. The van der Waals surface area contributed by atoms with Crippen LogP contribution in [0.3, 0.4) is 0 Å². The molecule has 0 radical (unpaired) electrons. The SMILES string of the molecule is CN=C(NCc1ccc(C)cc1OC1CCCC1)NCC1(CCOC)CC1. The summed E-state index contributed by atoms with van der Waals surface area (Å²) in [4.78, 5) is 4.39. The lowest BCUT2D eigenvalue weighted by Gasteiger charge is -2.20. The Morgan fingerprint density at radius 2 is 2.00 bits per heavy atom. The molecule has 0 atom stereocenters. The quantitative estimate of drug-likeness (QED) is 0.511. The van der Waals surface area contributed by atoms with Crippen molar-refractivity contribution in [3.8, 4) is 5.75 Å². The molecule has 0 aromatic heterocycles. The Balaban J connectivity index is 1.53. The molecule has 2 aliphatic rings. The van der Waals surface area contributed by atoms with Crippen LogP contribution in [0.15, 0.2) is 23.2 Å². The van der Waals surface area contributed by atoms with Gasteiger partial charge in [-0.15, -0.1) is 0 Å². The topological polar surface area (TPSA) is 54.9 Å². The van der Waals surface area contributed by atoms with E-state index in [0.717, 1.165) is 31.3 Å². The number of methoxy groups -OCH3 is 1. The van der Waals surface area contributed by atoms with Gasteiger partial charge in [0, 0.05) is 39.4 Å². The lowest BCUT2D eigenvalue weighted by atomic mass is 10.0. The van der Waals surface area contributed by atoms with E-state index in [9.17, 15) is 0 Å². The molecule has 0 saturated heterocycles. The molecule has 0 spiro atoms. The maximum atomic E-state index is 6.31. The monoisotopic (exact) mass is 373 g/mol. The molecule has 2 aliphatic carbocycles. The van der Waals surface area contributed by atoms with Gasteiger partial charge in [-0.2, -0.15) is 0 Å². The van der Waals surface area contributed by atoms with Crippen LogP contribution in [0.5, 0.6) is 5.75 Å². The van der Waals surface area contributed by atoms with E-state index in [4.69, 9.17) is 9.47 Å². The molecule has 1 aromatic carbocycles. The van der Waals surface area contributed by atoms with Crippen LogP contribution in [-0.4, -0.2) is 39.4 Å². The number of nitrogens with zero attached hydrogens (tertiary/aromatic N) is 1. The first-order valence-corrected chi connectivity index (χ1v) is 10.3. The number of hydrogen-bond donors (Lipinski definition) is 2. The summed E-state index contributed by atoms with van der Waals surface area (Å²) in [6, 6.07) is 6.48. The van der Waals surface area contributed by atoms with Crippen LogP contribution in [0, 0.1) is 12.3 Å². The lowest BCUT2D eigenvalue weighted by molar-refractivity contribution is 0.172. The van der Waals surface area contributed by atoms with Gasteiger partial charge in [-0.25, -0.2) is 0 Å². The van der Waals surface area contributed by atoms with Crippen LogP contribution < -0.4 is 15.4 Å². The Hall–Kier alpha value is -1.75. The number of ether oxygens (including phenoxy) is 2. The molecule has 1 aromatic rings. The fourth-order valence-corrected chi connectivity index (χ4v) is 3.78. The standard InChI is InChI=1S/C22H35N3O2/c1-17-8-9-18(20(14-17)27-19-6-4-5-7-19)15-24-21(23-2)25-16-22(10-11-22)12-13-26-3/h8-9,14,19H,4-7,10-13,15-16H2,1-3H3,(H2,23,24,25). The van der Waals surface area contributed by atoms with Crippen molar-refractivity contribution in [1.82, 2.24) is 10.6 Å². The second-order valence-corrected chi connectivity index (χ2v) is 8.16. The Bertz CT molecular complexity index is 634. The van der Waals surface area contributed by atoms with Crippen molar-refractivity contribution in [3.05, 3.63) is 29.3 Å². The van der Waals surface area contributed by atoms with Gasteiger partial charge in [0.2, 0.25) is 0 Å². The number of guanidine groups is 1. The molecule has 27 heavy (non-hydrogen) atoms. The summed E-state index contributed by atoms with van der Waals surface area (Å²) in [7, 11) is 3.60. The molecule has 2 N–H and O–H groups in total. The molecule has 0 heterocycles. The number of aryl methyl sites for hydroxylation is 1. The van der Waals surface area contributed by atoms with Gasteiger partial charge in [0.25, 0.3) is 0 Å². The molecule has 0 amide bonds. The molecule has 5 heteroatoms. The highest BCUT2D eigenvalue weighted by molar-refractivity contribution is 5.79. The van der Waals surface area contributed by atoms with E-state index in [2.05, 4.69) is 40.7 Å². The van der Waals surface area contributed by atoms with Crippen molar-refractivity contribution in [1.29, 1.82) is 0 Å². The minimum Gasteiger partial charge on any atom is -0.490 e. The summed E-state index contributed by atoms with van der Waals surface area (Å²) in [5.74, 6) is 1.87. The van der Waals surface area contributed by atoms with Gasteiger partial charge in [-0.1, -0.05) is 12.1 Å². The van der Waals surface area contributed by atoms with Crippen molar-refractivity contribution >= 4 is 5.96 Å². The second kappa shape index (κ2) is 9.45. The average molecular weight is 374 g/mol. The van der Waals surface area contributed by atoms with E-state index in [1.807, 2.05) is 7.05 Å². The van der Waals surface area contributed by atoms with E-state index < -0.39 is 0 Å². The molecular weight excluding hydrogens is 338 g/mol. The maximum absolute atomic E-state index is 6.31. The van der Waals surface area contributed by atoms with Crippen LogP contribution in [0.25, 0.3) is 0 Å². The Morgan fingerprint density at radius 1 is 1.22 bits per heavy atom. The van der Waals surface area contributed by atoms with Crippen molar-refractivity contribution in [2.24, 2.45) is 10.4 Å². The zero-order valence-electron chi connectivity index (χ0n) is 17.1. The molecular formula is C22H35N3O2. The van der Waals surface area contributed by atoms with Gasteiger partial charge >= 0.3 is 0 Å². The third-order valence-electron chi connectivity index (χ3n) is 5.91. The number of rotatable bonds is 9. The predicted octanol–water partition coefficient (Wildman–Crippen LogP) is 3.80. The summed E-state index contributed by atoms with van der Waals surface area (Å²) < 4.78 is 11.6. The van der Waals surface area contributed by atoms with Crippen molar-refractivity contribution in [2.45, 2.75) is 64.5 Å². The molecule has 150 valence electrons. The first kappa shape index (κ1) is 20.0. The lowest BCUT2D eigenvalue weighted by Crippen LogP contribution is -2.40. The number of hydrogen-bond acceptors (Lipinski definition) is 3. The van der Waals surface area contributed by atoms with E-state index in [1.165, 1.54) is 49.7 Å². The Morgan fingerprint density at radius 3 is 2.67 bits per heavy atom. The third-order valence-corrected chi connectivity index (χ3v) is 5.91. The second-order valence-electron chi connectivity index (χ2n) is 8.16. The number of nitrogens with one attached hydrogen (secondary N) is 2. The Kier molecular flexibility index (Phi) is 7.00. The van der Waals surface area contributed by atoms with Gasteiger partial charge < -0.3 is 20.1 Å². The van der Waals surface area contributed by atoms with Crippen LogP contribution in [0.4, 0.5) is 0 Å². The minimum atomic E-state index is 0.374. The molecule has 0 bridgehead atoms. The first-order valence-electron chi connectivity index (χ1n) is 10.3. The largest absolute Gasteiger partial charge is 0.490 e. The van der Waals surface area contributed by atoms with Gasteiger partial charge in [0.05, 0.1) is 6.10 Å². The molecule has 3 rings (SSSR count). The van der Waals surface area contributed by atoms with E-state index in [0.29, 0.717) is 18.1 Å². The first-order chi connectivity index (χ1) is 13.1. The third kappa shape index (κ3) is 5.86. The summed E-state index contributed by atoms with van der Waals surface area (Å²) in [5.41, 5.74) is 2.83. The van der Waals surface area contributed by atoms with Crippen molar-refractivity contribution in [3.63, 3.8) is 0 Å². The molecule has 2 fully saturated rings. The van der Waals surface area contributed by atoms with Gasteiger partial charge in [-0.05, 0) is 68.9 Å². The highest BCUT2D eigenvalue weighted by Crippen LogP contribution is 2.48. The predicted molar refractivity (Wildman–Crippen MR) is 110 cm³/mol. The zero-order valence-corrected chi connectivity index (χ0v) is 17.1. The molecule has 0 unspecified atom stereocenters. The summed E-state index contributed by atoms with van der Waals surface area (Å²) in [6.07, 6.45) is 8.96. The fraction of sp³-hybridized carbons (Fsp3) is 0.682. The maximum Gasteiger partial charge on any atom is 0.191 e. The number of aliphatic imine (C=N–C) groups is 1. The van der Waals surface area contributed by atoms with E-state index in [-0.39, 0.29) is 0 Å². The average Bonchev–Trinajstić information content (AvgIpc) is 3.26. The normalized spacial score (nSPS) is 19.1. The molecule has 2 saturated carbocycles. The van der Waals surface area contributed by atoms with Gasteiger partial charge in [-0.3, -0.25) is 4.99 Å². The summed E-state index contributed by atoms with van der Waals surface area (Å²) in [5, 5.41) is 6.95. The van der Waals surface area contributed by atoms with Crippen LogP contribution in [0.2, 0.25) is 0 Å². The van der Waals surface area contributed by atoms with Crippen LogP contribution in [-0.2, 0) is 11.3 Å². The van der Waals surface area contributed by atoms with Crippen molar-refractivity contribution in [2.75, 3.05) is 27.3 Å². The summed E-state index contributed by atoms with van der Waals surface area (Å²) >= 11 is 0. The highest BCUT2D eigenvalue weighted by Gasteiger charge is 2.41. The Labute approximate surface area is 163 Å². The minimum absolute atomic E-state index is 0.374. The van der Waals surface area contributed by atoms with E-state index >= 15 is 0 Å². The smallest absolute Gasteiger partial charge is 0.191 e. The highest BCUT2D eigenvalue weighted by atomic mass is 16.5. The fourth-order valence-electron chi connectivity index (χ4n) is 3.78. The molecule has 0 aliphatic heterocycles. The summed E-state index contributed by atoms with van der Waals surface area (Å²) in [6.45, 7) is 4.62. The van der Waals surface area contributed by atoms with Gasteiger partial charge in [0.1, 0.15) is 5.75 Å². The molecule has 5 nitrogen and oxygen atoms in total. The van der Waals surface area contributed by atoms with E-state index in [1.54, 1.807) is 7.11 Å². The zero-order chi connectivity index (χ0) is 19.1. The van der Waals surface area contributed by atoms with Crippen LogP contribution in [0.1, 0.15) is 56.1 Å².